The molecule has 1 aromatic carbocycles. The van der Waals surface area contributed by atoms with Crippen LogP contribution in [0.3, 0.4) is 0 Å². The normalized spacial score (nSPS) is 13.7. The first-order chi connectivity index (χ1) is 14.0. The second kappa shape index (κ2) is 6.65. The highest BCUT2D eigenvalue weighted by atomic mass is 15.2. The molecular weight excluding hydrogens is 360 g/mol. The highest BCUT2D eigenvalue weighted by Crippen LogP contribution is 2.31. The lowest BCUT2D eigenvalue weighted by atomic mass is 10.0. The van der Waals surface area contributed by atoms with Gasteiger partial charge >= 0.3 is 0 Å². The standard InChI is InChI=1S/C23H24N6/c1-14-5-6-22-19(9-14)23(26-16(3)25-22)29-8-7-21-18(12-29)10-17(11-24-21)20-13-28(4)27-15(20)2/h5-6,9-11,13H,7-8,12H2,1-4H3. The molecule has 1 aliphatic heterocycles. The van der Waals surface area contributed by atoms with Crippen molar-refractivity contribution in [1.82, 2.24) is 24.7 Å². The minimum absolute atomic E-state index is 0.801. The molecule has 0 fully saturated rings. The molecule has 6 heteroatoms. The molecule has 0 bridgehead atoms. The van der Waals surface area contributed by atoms with Crippen molar-refractivity contribution >= 4 is 16.7 Å². The van der Waals surface area contributed by atoms with Crippen LogP contribution in [-0.2, 0) is 20.0 Å². The Labute approximate surface area is 170 Å². The van der Waals surface area contributed by atoms with Gasteiger partial charge in [-0.05, 0) is 44.5 Å². The van der Waals surface area contributed by atoms with Crippen LogP contribution in [0, 0.1) is 20.8 Å². The van der Waals surface area contributed by atoms with Gasteiger partial charge in [0.05, 0.1) is 11.2 Å². The Bertz CT molecular complexity index is 1240. The number of benzene rings is 1. The summed E-state index contributed by atoms with van der Waals surface area (Å²) in [4.78, 5) is 16.6. The molecular formula is C23H24N6. The van der Waals surface area contributed by atoms with Gasteiger partial charge in [0.15, 0.2) is 0 Å². The lowest BCUT2D eigenvalue weighted by Gasteiger charge is -2.30. The van der Waals surface area contributed by atoms with Gasteiger partial charge in [-0.15, -0.1) is 0 Å². The van der Waals surface area contributed by atoms with Gasteiger partial charge in [0, 0.05) is 61.2 Å². The zero-order valence-corrected chi connectivity index (χ0v) is 17.3. The van der Waals surface area contributed by atoms with E-state index in [9.17, 15) is 0 Å². The molecule has 3 aromatic heterocycles. The van der Waals surface area contributed by atoms with Gasteiger partial charge in [-0.3, -0.25) is 9.67 Å². The molecule has 0 saturated heterocycles. The van der Waals surface area contributed by atoms with Crippen molar-refractivity contribution < 1.29 is 0 Å². The molecule has 1 aliphatic rings. The summed E-state index contributed by atoms with van der Waals surface area (Å²) in [5.41, 5.74) is 7.94. The molecule has 4 heterocycles. The molecule has 0 unspecified atom stereocenters. The van der Waals surface area contributed by atoms with Crippen LogP contribution < -0.4 is 4.90 Å². The van der Waals surface area contributed by atoms with Crippen molar-refractivity contribution in [3.63, 3.8) is 0 Å². The molecule has 0 spiro atoms. The molecule has 0 amide bonds. The summed E-state index contributed by atoms with van der Waals surface area (Å²) >= 11 is 0. The van der Waals surface area contributed by atoms with E-state index in [1.807, 2.05) is 31.8 Å². The minimum atomic E-state index is 0.801. The third-order valence-electron chi connectivity index (χ3n) is 5.61. The summed E-state index contributed by atoms with van der Waals surface area (Å²) in [6, 6.07) is 8.65. The quantitative estimate of drug-likeness (QED) is 0.524. The highest BCUT2D eigenvalue weighted by Gasteiger charge is 2.22. The monoisotopic (exact) mass is 384 g/mol. The van der Waals surface area contributed by atoms with Crippen molar-refractivity contribution in [3.8, 4) is 11.1 Å². The van der Waals surface area contributed by atoms with Gasteiger partial charge in [-0.25, -0.2) is 9.97 Å². The smallest absolute Gasteiger partial charge is 0.140 e. The van der Waals surface area contributed by atoms with E-state index < -0.39 is 0 Å². The lowest BCUT2D eigenvalue weighted by Crippen LogP contribution is -2.32. The van der Waals surface area contributed by atoms with E-state index in [0.717, 1.165) is 58.9 Å². The Morgan fingerprint density at radius 1 is 1.03 bits per heavy atom. The van der Waals surface area contributed by atoms with Crippen molar-refractivity contribution in [2.75, 3.05) is 11.4 Å². The molecule has 5 rings (SSSR count). The number of rotatable bonds is 2. The SMILES string of the molecule is Cc1ccc2nc(C)nc(N3CCc4ncc(-c5cn(C)nc5C)cc4C3)c2c1. The molecule has 146 valence electrons. The lowest BCUT2D eigenvalue weighted by molar-refractivity contribution is 0.703. The van der Waals surface area contributed by atoms with Crippen LogP contribution >= 0.6 is 0 Å². The fraction of sp³-hybridized carbons (Fsp3) is 0.304. The van der Waals surface area contributed by atoms with Crippen LogP contribution in [0.2, 0.25) is 0 Å². The Morgan fingerprint density at radius 2 is 1.90 bits per heavy atom. The van der Waals surface area contributed by atoms with Crippen LogP contribution in [0.4, 0.5) is 5.82 Å². The number of hydrogen-bond acceptors (Lipinski definition) is 5. The maximum Gasteiger partial charge on any atom is 0.140 e. The average molecular weight is 384 g/mol. The van der Waals surface area contributed by atoms with Gasteiger partial charge < -0.3 is 4.90 Å². The molecule has 29 heavy (non-hydrogen) atoms. The van der Waals surface area contributed by atoms with Gasteiger partial charge in [-0.2, -0.15) is 5.10 Å². The summed E-state index contributed by atoms with van der Waals surface area (Å²) in [6.45, 7) is 7.82. The van der Waals surface area contributed by atoms with Gasteiger partial charge in [0.1, 0.15) is 11.6 Å². The van der Waals surface area contributed by atoms with Crippen molar-refractivity contribution in [2.24, 2.45) is 7.05 Å². The zero-order chi connectivity index (χ0) is 20.1. The predicted octanol–water partition coefficient (Wildman–Crippen LogP) is 3.91. The van der Waals surface area contributed by atoms with E-state index in [2.05, 4.69) is 52.4 Å². The summed E-state index contributed by atoms with van der Waals surface area (Å²) in [7, 11) is 1.95. The second-order valence-corrected chi connectivity index (χ2v) is 7.92. The van der Waals surface area contributed by atoms with Crippen LogP contribution in [0.25, 0.3) is 22.0 Å². The molecule has 0 radical (unpaired) electrons. The fourth-order valence-electron chi connectivity index (χ4n) is 4.22. The van der Waals surface area contributed by atoms with Gasteiger partial charge in [0.2, 0.25) is 0 Å². The van der Waals surface area contributed by atoms with E-state index >= 15 is 0 Å². The van der Waals surface area contributed by atoms with Crippen LogP contribution in [-0.4, -0.2) is 31.3 Å². The number of nitrogens with zero attached hydrogens (tertiary/aromatic N) is 6. The number of hydrogen-bond donors (Lipinski definition) is 0. The number of aromatic nitrogens is 5. The van der Waals surface area contributed by atoms with Crippen molar-refractivity contribution in [1.29, 1.82) is 0 Å². The third-order valence-corrected chi connectivity index (χ3v) is 5.61. The molecule has 0 N–H and O–H groups in total. The van der Waals surface area contributed by atoms with E-state index in [4.69, 9.17) is 9.97 Å². The number of fused-ring (bicyclic) bond motifs is 2. The average Bonchev–Trinajstić information content (AvgIpc) is 3.05. The Kier molecular flexibility index (Phi) is 4.08. The number of aryl methyl sites for hydroxylation is 4. The van der Waals surface area contributed by atoms with Crippen LogP contribution in [0.5, 0.6) is 0 Å². The van der Waals surface area contributed by atoms with Gasteiger partial charge in [0.25, 0.3) is 0 Å². The maximum atomic E-state index is 4.82. The van der Waals surface area contributed by atoms with E-state index in [1.54, 1.807) is 0 Å². The zero-order valence-electron chi connectivity index (χ0n) is 17.3. The second-order valence-electron chi connectivity index (χ2n) is 7.92. The number of anilines is 1. The Morgan fingerprint density at radius 3 is 2.69 bits per heavy atom. The third kappa shape index (κ3) is 3.14. The predicted molar refractivity (Wildman–Crippen MR) is 115 cm³/mol. The highest BCUT2D eigenvalue weighted by molar-refractivity contribution is 5.90. The molecule has 0 aliphatic carbocycles. The van der Waals surface area contributed by atoms with E-state index in [0.29, 0.717) is 0 Å². The first-order valence-electron chi connectivity index (χ1n) is 9.96. The van der Waals surface area contributed by atoms with Crippen molar-refractivity contribution in [2.45, 2.75) is 33.7 Å². The fourth-order valence-corrected chi connectivity index (χ4v) is 4.22. The van der Waals surface area contributed by atoms with Crippen LogP contribution in [0.15, 0.2) is 36.7 Å². The summed E-state index contributed by atoms with van der Waals surface area (Å²) in [5, 5.41) is 5.59. The first kappa shape index (κ1) is 17.8. The van der Waals surface area contributed by atoms with Gasteiger partial charge in [-0.1, -0.05) is 11.6 Å². The minimum Gasteiger partial charge on any atom is -0.351 e. The topological polar surface area (TPSA) is 59.7 Å². The summed E-state index contributed by atoms with van der Waals surface area (Å²) in [5.74, 6) is 1.82. The number of pyridine rings is 1. The molecule has 0 atom stereocenters. The maximum absolute atomic E-state index is 4.82. The molecule has 6 nitrogen and oxygen atoms in total. The first-order valence-corrected chi connectivity index (χ1v) is 9.96. The largest absolute Gasteiger partial charge is 0.351 e. The summed E-state index contributed by atoms with van der Waals surface area (Å²) in [6.07, 6.45) is 4.95. The Balaban J connectivity index is 1.56. The van der Waals surface area contributed by atoms with Crippen LogP contribution in [0.1, 0.15) is 28.3 Å². The Hall–Kier alpha value is -3.28. The molecule has 4 aromatic rings. The molecule has 0 saturated carbocycles. The van der Waals surface area contributed by atoms with E-state index in [1.165, 1.54) is 16.8 Å². The summed E-state index contributed by atoms with van der Waals surface area (Å²) < 4.78 is 1.86. The van der Waals surface area contributed by atoms with E-state index in [-0.39, 0.29) is 0 Å². The van der Waals surface area contributed by atoms with Crippen molar-refractivity contribution in [3.05, 3.63) is 65.0 Å².